The second kappa shape index (κ2) is 4.43. The Morgan fingerprint density at radius 3 is 2.46 bits per heavy atom. The standard InChI is InChI=1S/C10H11BrClF/c1-6(2)10(12)7-3-4-9(13)8(11)5-7/h3-6,10H,1-2H3. The van der Waals surface area contributed by atoms with E-state index in [0.29, 0.717) is 10.4 Å². The minimum Gasteiger partial charge on any atom is -0.206 e. The van der Waals surface area contributed by atoms with Crippen LogP contribution in [0.25, 0.3) is 0 Å². The summed E-state index contributed by atoms with van der Waals surface area (Å²) in [6, 6.07) is 4.88. The monoisotopic (exact) mass is 264 g/mol. The van der Waals surface area contributed by atoms with Crippen LogP contribution in [0.2, 0.25) is 0 Å². The molecule has 0 spiro atoms. The van der Waals surface area contributed by atoms with Gasteiger partial charge in [0, 0.05) is 0 Å². The normalized spacial score (nSPS) is 13.4. The molecule has 1 atom stereocenters. The molecule has 0 heterocycles. The van der Waals surface area contributed by atoms with Gasteiger partial charge in [-0.1, -0.05) is 19.9 Å². The first kappa shape index (κ1) is 11.0. The molecule has 0 amide bonds. The zero-order chi connectivity index (χ0) is 10.0. The first-order valence-electron chi connectivity index (χ1n) is 4.11. The lowest BCUT2D eigenvalue weighted by molar-refractivity contribution is 0.607. The van der Waals surface area contributed by atoms with Crippen LogP contribution in [0.1, 0.15) is 24.8 Å². The third kappa shape index (κ3) is 2.68. The average Bonchev–Trinajstić information content (AvgIpc) is 2.08. The van der Waals surface area contributed by atoms with Gasteiger partial charge < -0.3 is 0 Å². The Kier molecular flexibility index (Phi) is 3.74. The Labute approximate surface area is 91.2 Å². The smallest absolute Gasteiger partial charge is 0.137 e. The fourth-order valence-electron chi connectivity index (χ4n) is 1.07. The lowest BCUT2D eigenvalue weighted by Gasteiger charge is -2.13. The van der Waals surface area contributed by atoms with Gasteiger partial charge in [-0.2, -0.15) is 0 Å². The third-order valence-corrected chi connectivity index (χ3v) is 3.21. The van der Waals surface area contributed by atoms with Crippen LogP contribution in [-0.4, -0.2) is 0 Å². The summed E-state index contributed by atoms with van der Waals surface area (Å²) in [6.45, 7) is 4.07. The van der Waals surface area contributed by atoms with E-state index in [1.54, 1.807) is 12.1 Å². The van der Waals surface area contributed by atoms with Gasteiger partial charge in [-0.15, -0.1) is 11.6 Å². The van der Waals surface area contributed by atoms with E-state index in [2.05, 4.69) is 15.9 Å². The van der Waals surface area contributed by atoms with Crippen LogP contribution in [0, 0.1) is 11.7 Å². The van der Waals surface area contributed by atoms with Gasteiger partial charge in [0.15, 0.2) is 0 Å². The van der Waals surface area contributed by atoms with Gasteiger partial charge in [0.05, 0.1) is 9.85 Å². The summed E-state index contributed by atoms with van der Waals surface area (Å²) in [5.74, 6) is 0.0930. The van der Waals surface area contributed by atoms with Crippen LogP contribution in [-0.2, 0) is 0 Å². The molecule has 72 valence electrons. The molecule has 0 aromatic heterocycles. The number of benzene rings is 1. The number of hydrogen-bond donors (Lipinski definition) is 0. The summed E-state index contributed by atoms with van der Waals surface area (Å²) in [4.78, 5) is 0. The summed E-state index contributed by atoms with van der Waals surface area (Å²) in [5.41, 5.74) is 0.949. The molecule has 0 saturated heterocycles. The Morgan fingerprint density at radius 1 is 1.38 bits per heavy atom. The lowest BCUT2D eigenvalue weighted by Crippen LogP contribution is -1.99. The molecular weight excluding hydrogens is 254 g/mol. The van der Waals surface area contributed by atoms with E-state index in [-0.39, 0.29) is 11.2 Å². The molecular formula is C10H11BrClF. The highest BCUT2D eigenvalue weighted by Gasteiger charge is 2.13. The van der Waals surface area contributed by atoms with Gasteiger partial charge in [-0.25, -0.2) is 4.39 Å². The van der Waals surface area contributed by atoms with Crippen LogP contribution in [0.3, 0.4) is 0 Å². The minimum atomic E-state index is -0.253. The predicted octanol–water partition coefficient (Wildman–Crippen LogP) is 4.52. The van der Waals surface area contributed by atoms with Gasteiger partial charge in [0.2, 0.25) is 0 Å². The van der Waals surface area contributed by atoms with Crippen LogP contribution < -0.4 is 0 Å². The van der Waals surface area contributed by atoms with Gasteiger partial charge >= 0.3 is 0 Å². The van der Waals surface area contributed by atoms with Gasteiger partial charge in [-0.05, 0) is 39.5 Å². The number of rotatable bonds is 2. The van der Waals surface area contributed by atoms with E-state index >= 15 is 0 Å². The summed E-state index contributed by atoms with van der Waals surface area (Å²) in [5, 5.41) is -0.0584. The van der Waals surface area contributed by atoms with E-state index in [0.717, 1.165) is 5.56 Å². The highest BCUT2D eigenvalue weighted by Crippen LogP contribution is 2.30. The zero-order valence-electron chi connectivity index (χ0n) is 7.52. The molecule has 1 aromatic rings. The first-order valence-corrected chi connectivity index (χ1v) is 5.34. The predicted molar refractivity (Wildman–Crippen MR) is 57.5 cm³/mol. The summed E-state index contributed by atoms with van der Waals surface area (Å²) in [6.07, 6.45) is 0. The molecule has 3 heteroatoms. The zero-order valence-corrected chi connectivity index (χ0v) is 9.86. The summed E-state index contributed by atoms with van der Waals surface area (Å²) >= 11 is 9.25. The van der Waals surface area contributed by atoms with Crippen molar-refractivity contribution in [2.75, 3.05) is 0 Å². The van der Waals surface area contributed by atoms with Gasteiger partial charge in [0.25, 0.3) is 0 Å². The van der Waals surface area contributed by atoms with Crippen LogP contribution >= 0.6 is 27.5 Å². The van der Waals surface area contributed by atoms with Gasteiger partial charge in [-0.3, -0.25) is 0 Å². The van der Waals surface area contributed by atoms with Crippen molar-refractivity contribution < 1.29 is 4.39 Å². The van der Waals surface area contributed by atoms with Crippen molar-refractivity contribution in [2.45, 2.75) is 19.2 Å². The van der Waals surface area contributed by atoms with Crippen molar-refractivity contribution in [1.82, 2.24) is 0 Å². The van der Waals surface area contributed by atoms with E-state index in [1.807, 2.05) is 13.8 Å². The molecule has 0 radical (unpaired) electrons. The second-order valence-corrected chi connectivity index (χ2v) is 4.64. The van der Waals surface area contributed by atoms with Crippen molar-refractivity contribution >= 4 is 27.5 Å². The molecule has 13 heavy (non-hydrogen) atoms. The van der Waals surface area contributed by atoms with Crippen LogP contribution in [0.4, 0.5) is 4.39 Å². The van der Waals surface area contributed by atoms with Gasteiger partial charge in [0.1, 0.15) is 5.82 Å². The fraction of sp³-hybridized carbons (Fsp3) is 0.400. The molecule has 1 unspecified atom stereocenters. The largest absolute Gasteiger partial charge is 0.206 e. The van der Waals surface area contributed by atoms with E-state index in [9.17, 15) is 4.39 Å². The van der Waals surface area contributed by atoms with E-state index in [4.69, 9.17) is 11.6 Å². The molecule has 0 aliphatic heterocycles. The second-order valence-electron chi connectivity index (χ2n) is 3.32. The summed E-state index contributed by atoms with van der Waals surface area (Å²) in [7, 11) is 0. The van der Waals surface area contributed by atoms with E-state index in [1.165, 1.54) is 6.07 Å². The Morgan fingerprint density at radius 2 is 2.00 bits per heavy atom. The lowest BCUT2D eigenvalue weighted by atomic mass is 10.0. The topological polar surface area (TPSA) is 0 Å². The van der Waals surface area contributed by atoms with Crippen molar-refractivity contribution in [2.24, 2.45) is 5.92 Å². The molecule has 0 N–H and O–H groups in total. The highest BCUT2D eigenvalue weighted by atomic mass is 79.9. The maximum atomic E-state index is 12.9. The molecule has 0 bridgehead atoms. The van der Waals surface area contributed by atoms with Crippen LogP contribution in [0.5, 0.6) is 0 Å². The van der Waals surface area contributed by atoms with Crippen molar-refractivity contribution in [3.63, 3.8) is 0 Å². The molecule has 1 rings (SSSR count). The molecule has 0 nitrogen and oxygen atoms in total. The first-order chi connectivity index (χ1) is 6.02. The number of halogens is 3. The number of hydrogen-bond acceptors (Lipinski definition) is 0. The Bertz CT molecular complexity index is 299. The quantitative estimate of drug-likeness (QED) is 0.690. The van der Waals surface area contributed by atoms with Crippen molar-refractivity contribution in [3.8, 4) is 0 Å². The Balaban J connectivity index is 2.97. The Hall–Kier alpha value is -0.0800. The van der Waals surface area contributed by atoms with E-state index < -0.39 is 0 Å². The number of alkyl halides is 1. The highest BCUT2D eigenvalue weighted by molar-refractivity contribution is 9.10. The van der Waals surface area contributed by atoms with Crippen molar-refractivity contribution in [1.29, 1.82) is 0 Å². The van der Waals surface area contributed by atoms with Crippen LogP contribution in [0.15, 0.2) is 22.7 Å². The molecule has 0 aliphatic carbocycles. The molecule has 1 aromatic carbocycles. The maximum absolute atomic E-state index is 12.9. The third-order valence-electron chi connectivity index (χ3n) is 1.85. The SMILES string of the molecule is CC(C)C(Cl)c1ccc(F)c(Br)c1. The summed E-state index contributed by atoms with van der Waals surface area (Å²) < 4.78 is 13.3. The minimum absolute atomic E-state index is 0.0584. The van der Waals surface area contributed by atoms with Crippen molar-refractivity contribution in [3.05, 3.63) is 34.1 Å². The maximum Gasteiger partial charge on any atom is 0.137 e. The molecule has 0 aliphatic rings. The molecule has 0 saturated carbocycles. The average molecular weight is 266 g/mol. The molecule has 0 fully saturated rings. The fourth-order valence-corrected chi connectivity index (χ4v) is 1.60.